The number of halogens is 4. The number of anilines is 1. The number of hydrogen-bond acceptors (Lipinski definition) is 8. The number of sulfonamides is 1. The second-order valence-electron chi connectivity index (χ2n) is 8.66. The van der Waals surface area contributed by atoms with E-state index >= 15 is 0 Å². The Morgan fingerprint density at radius 1 is 1.26 bits per heavy atom. The molecule has 1 saturated heterocycles. The zero-order valence-electron chi connectivity index (χ0n) is 20.1. The molecular formula is C22H23F4N5O6S. The second kappa shape index (κ2) is 11.0. The van der Waals surface area contributed by atoms with E-state index in [-0.39, 0.29) is 24.1 Å². The van der Waals surface area contributed by atoms with Crippen molar-refractivity contribution in [1.29, 1.82) is 5.26 Å². The number of rotatable bonds is 5. The van der Waals surface area contributed by atoms with Crippen LogP contribution in [0.4, 0.5) is 23.4 Å². The molecule has 2 aromatic rings. The van der Waals surface area contributed by atoms with E-state index in [1.165, 1.54) is 27.1 Å². The van der Waals surface area contributed by atoms with E-state index in [0.29, 0.717) is 37.6 Å². The van der Waals surface area contributed by atoms with Crippen LogP contribution in [-0.2, 0) is 28.0 Å². The number of piperazine rings is 1. The van der Waals surface area contributed by atoms with Crippen LogP contribution in [0.5, 0.6) is 5.88 Å². The zero-order valence-corrected chi connectivity index (χ0v) is 21.0. The molecule has 0 saturated carbocycles. The Balaban J connectivity index is 0.000000505. The molecule has 4 rings (SSSR count). The minimum Gasteiger partial charge on any atom is -0.475 e. The molecule has 0 bridgehead atoms. The van der Waals surface area contributed by atoms with Gasteiger partial charge in [0, 0.05) is 25.7 Å². The lowest BCUT2D eigenvalue weighted by Crippen LogP contribution is -2.54. The van der Waals surface area contributed by atoms with Crippen molar-refractivity contribution in [3.05, 3.63) is 51.7 Å². The maximum atomic E-state index is 13.5. The number of nitriles is 1. The van der Waals surface area contributed by atoms with Gasteiger partial charge in [-0.1, -0.05) is 6.07 Å². The van der Waals surface area contributed by atoms with Crippen LogP contribution in [0, 0.1) is 17.1 Å². The Bertz CT molecular complexity index is 1420. The maximum Gasteiger partial charge on any atom is 0.490 e. The quantitative estimate of drug-likeness (QED) is 0.539. The third-order valence-electron chi connectivity index (χ3n) is 5.83. The molecule has 1 fully saturated rings. The lowest BCUT2D eigenvalue weighted by atomic mass is 10.1. The van der Waals surface area contributed by atoms with Gasteiger partial charge in [-0.25, -0.2) is 22.4 Å². The van der Waals surface area contributed by atoms with Crippen molar-refractivity contribution in [3.63, 3.8) is 0 Å². The number of carboxylic acids is 1. The molecule has 1 N–H and O–H groups in total. The first kappa shape index (κ1) is 28.9. The maximum absolute atomic E-state index is 13.5. The smallest absolute Gasteiger partial charge is 0.475 e. The summed E-state index contributed by atoms with van der Waals surface area (Å²) in [4.78, 5) is 27.4. The van der Waals surface area contributed by atoms with Crippen LogP contribution in [0.2, 0.25) is 0 Å². The number of aliphatic carboxylic acids is 1. The van der Waals surface area contributed by atoms with Crippen molar-refractivity contribution in [2.24, 2.45) is 0 Å². The molecule has 16 heteroatoms. The minimum atomic E-state index is -5.08. The number of benzene rings is 1. The van der Waals surface area contributed by atoms with Gasteiger partial charge in [0.2, 0.25) is 15.9 Å². The van der Waals surface area contributed by atoms with Gasteiger partial charge in [-0.15, -0.1) is 0 Å². The van der Waals surface area contributed by atoms with Crippen molar-refractivity contribution in [2.75, 3.05) is 24.5 Å². The molecule has 2 aliphatic heterocycles. The number of fused-ring (bicyclic) bond motifs is 3. The summed E-state index contributed by atoms with van der Waals surface area (Å²) < 4.78 is 78.9. The van der Waals surface area contributed by atoms with Gasteiger partial charge in [-0.05, 0) is 31.5 Å². The topological polar surface area (TPSA) is 146 Å². The summed E-state index contributed by atoms with van der Waals surface area (Å²) in [6.45, 7) is 4.81. The van der Waals surface area contributed by atoms with Crippen molar-refractivity contribution < 1.29 is 40.6 Å². The number of hydrogen-bond donors (Lipinski definition) is 1. The van der Waals surface area contributed by atoms with Crippen LogP contribution < -0.4 is 15.3 Å². The van der Waals surface area contributed by atoms with E-state index in [9.17, 15) is 30.8 Å². The molecule has 1 unspecified atom stereocenters. The zero-order chi connectivity index (χ0) is 28.4. The molecule has 0 amide bonds. The molecule has 206 valence electrons. The standard InChI is InChI=1S/C20H22FN5O4S.C2HF3O2/c1-13(2)31(28,29)24-5-6-25-16(10-24)11-26-19(25)8-18(23-20(26)27)30-12-14-3-4-17(21)15(7-14)9-22;3-2(4,5)1(6)7/h3-4,7-8,13,16H,5-6,10-12H2,1-2H3;(H,6,7). The molecule has 0 radical (unpaired) electrons. The number of carboxylic acid groups (broad SMARTS) is 1. The van der Waals surface area contributed by atoms with Gasteiger partial charge in [0.15, 0.2) is 0 Å². The van der Waals surface area contributed by atoms with Crippen molar-refractivity contribution >= 4 is 21.8 Å². The third kappa shape index (κ3) is 6.22. The highest BCUT2D eigenvalue weighted by atomic mass is 32.2. The SMILES string of the molecule is CC(C)S(=O)(=O)N1CCN2c3cc(OCc4ccc(F)c(C#N)c4)nc(=O)n3CC2C1.O=C(O)C(F)(F)F. The van der Waals surface area contributed by atoms with Crippen LogP contribution in [0.15, 0.2) is 29.1 Å². The van der Waals surface area contributed by atoms with E-state index in [1.807, 2.05) is 4.90 Å². The Hall–Kier alpha value is -3.71. The van der Waals surface area contributed by atoms with Gasteiger partial charge >= 0.3 is 17.8 Å². The van der Waals surface area contributed by atoms with Crippen LogP contribution >= 0.6 is 0 Å². The lowest BCUT2D eigenvalue weighted by molar-refractivity contribution is -0.192. The Kier molecular flexibility index (Phi) is 8.32. The van der Waals surface area contributed by atoms with E-state index < -0.39 is 38.9 Å². The number of carbonyl (C=O) groups is 1. The molecule has 38 heavy (non-hydrogen) atoms. The fourth-order valence-corrected chi connectivity index (χ4v) is 5.20. The largest absolute Gasteiger partial charge is 0.490 e. The van der Waals surface area contributed by atoms with E-state index in [1.54, 1.807) is 26.0 Å². The van der Waals surface area contributed by atoms with Crippen LogP contribution in [0.3, 0.4) is 0 Å². The number of nitrogens with zero attached hydrogens (tertiary/aromatic N) is 5. The first-order valence-electron chi connectivity index (χ1n) is 11.1. The lowest BCUT2D eigenvalue weighted by Gasteiger charge is -2.38. The van der Waals surface area contributed by atoms with E-state index in [0.717, 1.165) is 0 Å². The summed E-state index contributed by atoms with van der Waals surface area (Å²) in [5.74, 6) is -2.60. The minimum absolute atomic E-state index is 0.0225. The summed E-state index contributed by atoms with van der Waals surface area (Å²) in [5.41, 5.74) is 0.0165. The summed E-state index contributed by atoms with van der Waals surface area (Å²) in [7, 11) is -3.36. The molecule has 11 nitrogen and oxygen atoms in total. The molecule has 1 aromatic carbocycles. The highest BCUT2D eigenvalue weighted by Gasteiger charge is 2.40. The third-order valence-corrected chi connectivity index (χ3v) is 8.08. The predicted octanol–water partition coefficient (Wildman–Crippen LogP) is 1.71. The summed E-state index contributed by atoms with van der Waals surface area (Å²) in [5, 5.41) is 15.6. The van der Waals surface area contributed by atoms with Gasteiger partial charge in [-0.2, -0.15) is 27.7 Å². The van der Waals surface area contributed by atoms with Crippen LogP contribution in [0.1, 0.15) is 25.0 Å². The van der Waals surface area contributed by atoms with Crippen molar-refractivity contribution in [2.45, 2.75) is 44.5 Å². The normalized spacial score (nSPS) is 17.2. The first-order valence-corrected chi connectivity index (χ1v) is 12.6. The van der Waals surface area contributed by atoms with E-state index in [4.69, 9.17) is 19.9 Å². The second-order valence-corrected chi connectivity index (χ2v) is 11.2. The highest BCUT2D eigenvalue weighted by molar-refractivity contribution is 7.89. The average Bonchev–Trinajstić information content (AvgIpc) is 3.21. The fraction of sp³-hybridized carbons (Fsp3) is 0.455. The fourth-order valence-electron chi connectivity index (χ4n) is 3.89. The number of aromatic nitrogens is 2. The summed E-state index contributed by atoms with van der Waals surface area (Å²) in [6, 6.07) is 7.36. The van der Waals surface area contributed by atoms with Gasteiger partial charge in [-0.3, -0.25) is 4.57 Å². The number of alkyl halides is 3. The van der Waals surface area contributed by atoms with Gasteiger partial charge < -0.3 is 14.7 Å². The monoisotopic (exact) mass is 561 g/mol. The molecule has 1 atom stereocenters. The van der Waals surface area contributed by atoms with Crippen molar-refractivity contribution in [3.8, 4) is 11.9 Å². The molecule has 0 aliphatic carbocycles. The van der Waals surface area contributed by atoms with Gasteiger partial charge in [0.1, 0.15) is 24.3 Å². The summed E-state index contributed by atoms with van der Waals surface area (Å²) in [6.07, 6.45) is -5.08. The van der Waals surface area contributed by atoms with Crippen LogP contribution in [-0.4, -0.2) is 70.5 Å². The summed E-state index contributed by atoms with van der Waals surface area (Å²) >= 11 is 0. The Morgan fingerprint density at radius 3 is 2.50 bits per heavy atom. The van der Waals surface area contributed by atoms with Gasteiger partial charge in [0.05, 0.1) is 23.4 Å². The van der Waals surface area contributed by atoms with Crippen LogP contribution in [0.25, 0.3) is 0 Å². The molecule has 0 spiro atoms. The molecular weight excluding hydrogens is 538 g/mol. The predicted molar refractivity (Wildman–Crippen MR) is 124 cm³/mol. The van der Waals surface area contributed by atoms with E-state index in [2.05, 4.69) is 4.98 Å². The number of ether oxygens (including phenoxy) is 1. The highest BCUT2D eigenvalue weighted by Crippen LogP contribution is 2.30. The van der Waals surface area contributed by atoms with Crippen molar-refractivity contribution in [1.82, 2.24) is 13.9 Å². The van der Waals surface area contributed by atoms with Gasteiger partial charge in [0.25, 0.3) is 0 Å². The Labute approximate surface area is 214 Å². The average molecular weight is 562 g/mol. The Morgan fingerprint density at radius 2 is 1.92 bits per heavy atom. The first-order chi connectivity index (χ1) is 17.6. The molecule has 1 aromatic heterocycles. The molecule has 3 heterocycles. The molecule has 2 aliphatic rings.